The SMILES string of the molecule is CCCCc1cnc2ccc(F)cc2c1C(=O)O. The van der Waals surface area contributed by atoms with Crippen LogP contribution in [0.3, 0.4) is 0 Å². The van der Waals surface area contributed by atoms with E-state index in [0.717, 1.165) is 12.8 Å². The van der Waals surface area contributed by atoms with Gasteiger partial charge in [0.05, 0.1) is 11.1 Å². The second kappa shape index (κ2) is 5.12. The van der Waals surface area contributed by atoms with E-state index in [2.05, 4.69) is 4.98 Å². The first-order chi connectivity index (χ1) is 8.63. The first-order valence-corrected chi connectivity index (χ1v) is 5.94. The third-order valence-corrected chi connectivity index (χ3v) is 2.92. The molecule has 2 aromatic rings. The lowest BCUT2D eigenvalue weighted by Crippen LogP contribution is -2.05. The quantitative estimate of drug-likeness (QED) is 0.900. The molecule has 4 heteroatoms. The molecule has 0 aliphatic heterocycles. The molecular formula is C14H14FNO2. The Hall–Kier alpha value is -1.97. The summed E-state index contributed by atoms with van der Waals surface area (Å²) in [4.78, 5) is 15.5. The number of carbonyl (C=O) groups is 1. The van der Waals surface area contributed by atoms with Crippen molar-refractivity contribution in [1.29, 1.82) is 0 Å². The number of unbranched alkanes of at least 4 members (excludes halogenated alkanes) is 1. The molecule has 0 fully saturated rings. The van der Waals surface area contributed by atoms with E-state index in [1.165, 1.54) is 18.2 Å². The van der Waals surface area contributed by atoms with Crippen molar-refractivity contribution in [1.82, 2.24) is 4.98 Å². The molecule has 18 heavy (non-hydrogen) atoms. The Morgan fingerprint density at radius 2 is 2.22 bits per heavy atom. The summed E-state index contributed by atoms with van der Waals surface area (Å²) in [7, 11) is 0. The van der Waals surface area contributed by atoms with Gasteiger partial charge < -0.3 is 5.11 Å². The number of hydrogen-bond acceptors (Lipinski definition) is 2. The van der Waals surface area contributed by atoms with Gasteiger partial charge in [-0.05, 0) is 36.6 Å². The molecule has 94 valence electrons. The van der Waals surface area contributed by atoms with Crippen molar-refractivity contribution in [3.05, 3.63) is 41.3 Å². The molecule has 0 unspecified atom stereocenters. The summed E-state index contributed by atoms with van der Waals surface area (Å²) in [5.41, 5.74) is 1.35. The van der Waals surface area contributed by atoms with Gasteiger partial charge in [0, 0.05) is 11.6 Å². The van der Waals surface area contributed by atoms with Gasteiger partial charge in [0.15, 0.2) is 0 Å². The van der Waals surface area contributed by atoms with E-state index in [0.29, 0.717) is 22.9 Å². The minimum atomic E-state index is -1.03. The molecule has 0 radical (unpaired) electrons. The smallest absolute Gasteiger partial charge is 0.336 e. The fourth-order valence-corrected chi connectivity index (χ4v) is 2.02. The van der Waals surface area contributed by atoms with Crippen molar-refractivity contribution in [2.24, 2.45) is 0 Å². The monoisotopic (exact) mass is 247 g/mol. The van der Waals surface area contributed by atoms with Crippen molar-refractivity contribution < 1.29 is 14.3 Å². The van der Waals surface area contributed by atoms with Crippen LogP contribution in [0.15, 0.2) is 24.4 Å². The largest absolute Gasteiger partial charge is 0.478 e. The van der Waals surface area contributed by atoms with Crippen LogP contribution in [0.25, 0.3) is 10.9 Å². The number of aryl methyl sites for hydroxylation is 1. The number of hydrogen-bond donors (Lipinski definition) is 1. The molecule has 1 heterocycles. The molecular weight excluding hydrogens is 233 g/mol. The molecule has 0 aliphatic rings. The summed E-state index contributed by atoms with van der Waals surface area (Å²) in [6.45, 7) is 2.04. The van der Waals surface area contributed by atoms with Gasteiger partial charge in [0.25, 0.3) is 0 Å². The maximum Gasteiger partial charge on any atom is 0.336 e. The molecule has 0 bridgehead atoms. The number of halogens is 1. The number of carboxylic acid groups (broad SMARTS) is 1. The summed E-state index contributed by atoms with van der Waals surface area (Å²) in [5, 5.41) is 9.68. The van der Waals surface area contributed by atoms with Gasteiger partial charge in [-0.1, -0.05) is 13.3 Å². The Morgan fingerprint density at radius 1 is 1.44 bits per heavy atom. The van der Waals surface area contributed by atoms with Crippen LogP contribution in [0.2, 0.25) is 0 Å². The van der Waals surface area contributed by atoms with Crippen LogP contribution in [-0.2, 0) is 6.42 Å². The molecule has 0 saturated carbocycles. The lowest BCUT2D eigenvalue weighted by atomic mass is 9.99. The van der Waals surface area contributed by atoms with E-state index < -0.39 is 11.8 Å². The number of rotatable bonds is 4. The van der Waals surface area contributed by atoms with Crippen LogP contribution < -0.4 is 0 Å². The molecule has 0 amide bonds. The number of aromatic carboxylic acids is 1. The molecule has 3 nitrogen and oxygen atoms in total. The van der Waals surface area contributed by atoms with Crippen molar-refractivity contribution >= 4 is 16.9 Å². The highest BCUT2D eigenvalue weighted by Gasteiger charge is 2.15. The van der Waals surface area contributed by atoms with E-state index in [-0.39, 0.29) is 5.56 Å². The van der Waals surface area contributed by atoms with Crippen molar-refractivity contribution in [3.8, 4) is 0 Å². The van der Waals surface area contributed by atoms with E-state index >= 15 is 0 Å². The highest BCUT2D eigenvalue weighted by molar-refractivity contribution is 6.03. The predicted molar refractivity (Wildman–Crippen MR) is 67.3 cm³/mol. The lowest BCUT2D eigenvalue weighted by molar-refractivity contribution is 0.0697. The van der Waals surface area contributed by atoms with Crippen LogP contribution in [0.1, 0.15) is 35.7 Å². The summed E-state index contributed by atoms with van der Waals surface area (Å²) in [6.07, 6.45) is 4.10. The Bertz CT molecular complexity index is 596. The van der Waals surface area contributed by atoms with E-state index in [1.807, 2.05) is 6.92 Å². The third kappa shape index (κ3) is 2.32. The molecule has 1 aromatic carbocycles. The number of fused-ring (bicyclic) bond motifs is 1. The summed E-state index contributed by atoms with van der Waals surface area (Å²) in [6, 6.07) is 4.02. The highest BCUT2D eigenvalue weighted by atomic mass is 19.1. The van der Waals surface area contributed by atoms with Gasteiger partial charge in [-0.2, -0.15) is 0 Å². The zero-order valence-electron chi connectivity index (χ0n) is 10.1. The van der Waals surface area contributed by atoms with Gasteiger partial charge in [-0.25, -0.2) is 9.18 Å². The van der Waals surface area contributed by atoms with Crippen molar-refractivity contribution in [2.75, 3.05) is 0 Å². The summed E-state index contributed by atoms with van der Waals surface area (Å²) < 4.78 is 13.2. The van der Waals surface area contributed by atoms with Crippen LogP contribution in [0, 0.1) is 5.82 Å². The molecule has 0 aliphatic carbocycles. The Balaban J connectivity index is 2.65. The zero-order valence-corrected chi connectivity index (χ0v) is 10.1. The lowest BCUT2D eigenvalue weighted by Gasteiger charge is -2.08. The topological polar surface area (TPSA) is 50.2 Å². The summed E-state index contributed by atoms with van der Waals surface area (Å²) in [5.74, 6) is -1.47. The highest BCUT2D eigenvalue weighted by Crippen LogP contribution is 2.23. The van der Waals surface area contributed by atoms with Crippen molar-refractivity contribution in [2.45, 2.75) is 26.2 Å². The maximum absolute atomic E-state index is 13.2. The van der Waals surface area contributed by atoms with Gasteiger partial charge in [0.1, 0.15) is 5.82 Å². The zero-order chi connectivity index (χ0) is 13.1. The van der Waals surface area contributed by atoms with Crippen LogP contribution in [-0.4, -0.2) is 16.1 Å². The normalized spacial score (nSPS) is 10.8. The number of pyridine rings is 1. The van der Waals surface area contributed by atoms with Gasteiger partial charge in [0.2, 0.25) is 0 Å². The Kier molecular flexibility index (Phi) is 3.55. The van der Waals surface area contributed by atoms with Crippen LogP contribution in [0.4, 0.5) is 4.39 Å². The average Bonchev–Trinajstić information content (AvgIpc) is 2.34. The molecule has 1 aromatic heterocycles. The second-order valence-electron chi connectivity index (χ2n) is 4.23. The minimum absolute atomic E-state index is 0.174. The fourth-order valence-electron chi connectivity index (χ4n) is 2.02. The van der Waals surface area contributed by atoms with Gasteiger partial charge >= 0.3 is 5.97 Å². The molecule has 1 N–H and O–H groups in total. The number of nitrogens with zero attached hydrogens (tertiary/aromatic N) is 1. The minimum Gasteiger partial charge on any atom is -0.478 e. The number of benzene rings is 1. The predicted octanol–water partition coefficient (Wildman–Crippen LogP) is 3.41. The van der Waals surface area contributed by atoms with E-state index in [4.69, 9.17) is 0 Å². The maximum atomic E-state index is 13.2. The number of aromatic nitrogens is 1. The first kappa shape index (κ1) is 12.5. The average molecular weight is 247 g/mol. The first-order valence-electron chi connectivity index (χ1n) is 5.94. The summed E-state index contributed by atoms with van der Waals surface area (Å²) >= 11 is 0. The Labute approximate surface area is 104 Å². The van der Waals surface area contributed by atoms with Gasteiger partial charge in [-0.15, -0.1) is 0 Å². The van der Waals surface area contributed by atoms with Gasteiger partial charge in [-0.3, -0.25) is 4.98 Å². The third-order valence-electron chi connectivity index (χ3n) is 2.92. The second-order valence-corrected chi connectivity index (χ2v) is 4.23. The standard InChI is InChI=1S/C14H14FNO2/c1-2-3-4-9-8-16-12-6-5-10(15)7-11(12)13(9)14(17)18/h5-8H,2-4H2,1H3,(H,17,18). The van der Waals surface area contributed by atoms with E-state index in [1.54, 1.807) is 6.20 Å². The molecule has 0 atom stereocenters. The molecule has 2 rings (SSSR count). The number of carboxylic acids is 1. The molecule has 0 spiro atoms. The van der Waals surface area contributed by atoms with E-state index in [9.17, 15) is 14.3 Å². The Morgan fingerprint density at radius 3 is 2.89 bits per heavy atom. The molecule has 0 saturated heterocycles. The van der Waals surface area contributed by atoms with Crippen LogP contribution >= 0.6 is 0 Å². The van der Waals surface area contributed by atoms with Crippen LogP contribution in [0.5, 0.6) is 0 Å². The fraction of sp³-hybridized carbons (Fsp3) is 0.286. The van der Waals surface area contributed by atoms with Crippen molar-refractivity contribution in [3.63, 3.8) is 0 Å².